The van der Waals surface area contributed by atoms with Gasteiger partial charge in [0.1, 0.15) is 30.1 Å². The zero-order valence-corrected chi connectivity index (χ0v) is 24.8. The van der Waals surface area contributed by atoms with Gasteiger partial charge in [-0.05, 0) is 54.6 Å². The van der Waals surface area contributed by atoms with Crippen molar-refractivity contribution < 1.29 is 13.9 Å². The highest BCUT2D eigenvalue weighted by molar-refractivity contribution is 5.64. The van der Waals surface area contributed by atoms with Gasteiger partial charge in [0.2, 0.25) is 5.95 Å². The van der Waals surface area contributed by atoms with Gasteiger partial charge < -0.3 is 24.6 Å². The zero-order chi connectivity index (χ0) is 30.6. The molecule has 2 aromatic heterocycles. The van der Waals surface area contributed by atoms with Gasteiger partial charge in [-0.1, -0.05) is 6.07 Å². The van der Waals surface area contributed by atoms with Crippen LogP contribution in [0, 0.1) is 11.3 Å². The average molecular weight is 608 g/mol. The maximum Gasteiger partial charge on any atom is 0.230 e. The molecule has 5 heterocycles. The first kappa shape index (κ1) is 28.9. The molecule has 11 nitrogen and oxygen atoms in total. The summed E-state index contributed by atoms with van der Waals surface area (Å²) in [6.45, 7) is 6.58. The second-order valence-electron chi connectivity index (χ2n) is 11.4. The molecule has 2 aromatic carbocycles. The van der Waals surface area contributed by atoms with Crippen LogP contribution in [-0.4, -0.2) is 95.6 Å². The van der Waals surface area contributed by atoms with Crippen LogP contribution in [0.3, 0.4) is 0 Å². The molecule has 0 aliphatic carbocycles. The van der Waals surface area contributed by atoms with E-state index in [1.54, 1.807) is 24.4 Å². The number of benzene rings is 2. The van der Waals surface area contributed by atoms with Crippen molar-refractivity contribution in [2.45, 2.75) is 24.7 Å². The lowest BCUT2D eigenvalue weighted by Crippen LogP contribution is -2.56. The average Bonchev–Trinajstić information content (AvgIpc) is 3.06. The standard InChI is InChI=1S/C33H34FN9O2/c34-28-19-43(31-3-1-2-11-36-31)12-10-30(28)45-29-9-4-23(17-24(29)18-35)32-37-22-38-33(40-32)39-25-5-7-26(8-6-25)41-13-15-42(16-14-41)27-20-44-21-27/h1-9,11,17,22,27-28,30H,10,12-16,19-21H2,(H,37,38,39,40)/t28-,30-/m0/s1. The molecule has 4 aromatic rings. The summed E-state index contributed by atoms with van der Waals surface area (Å²) in [4.78, 5) is 24.3. The number of anilines is 4. The molecule has 7 rings (SSSR count). The summed E-state index contributed by atoms with van der Waals surface area (Å²) >= 11 is 0. The number of alkyl halides is 1. The minimum Gasteiger partial charge on any atom is -0.486 e. The molecule has 12 heteroatoms. The number of pyridine rings is 1. The molecule has 3 aliphatic heterocycles. The van der Waals surface area contributed by atoms with Crippen LogP contribution < -0.4 is 19.9 Å². The van der Waals surface area contributed by atoms with Gasteiger partial charge in [-0.2, -0.15) is 10.2 Å². The lowest BCUT2D eigenvalue weighted by Gasteiger charge is -2.43. The number of nitrogens with one attached hydrogen (secondary N) is 1. The fraction of sp³-hybridized carbons (Fsp3) is 0.364. The van der Waals surface area contributed by atoms with Crippen LogP contribution in [0.15, 0.2) is 73.2 Å². The number of nitrogens with zero attached hydrogens (tertiary/aromatic N) is 8. The van der Waals surface area contributed by atoms with E-state index in [1.165, 1.54) is 12.0 Å². The fourth-order valence-electron chi connectivity index (χ4n) is 5.95. The molecular formula is C33H34FN9O2. The number of piperidine rings is 1. The molecule has 0 radical (unpaired) electrons. The van der Waals surface area contributed by atoms with Gasteiger partial charge in [0, 0.05) is 62.3 Å². The number of ether oxygens (including phenoxy) is 2. The molecule has 0 unspecified atom stereocenters. The van der Waals surface area contributed by atoms with E-state index >= 15 is 4.39 Å². The van der Waals surface area contributed by atoms with E-state index in [0.717, 1.165) is 50.9 Å². The summed E-state index contributed by atoms with van der Waals surface area (Å²) in [5, 5.41) is 13.1. The summed E-state index contributed by atoms with van der Waals surface area (Å²) in [6.07, 6.45) is 1.72. The van der Waals surface area contributed by atoms with Crippen LogP contribution in [0.25, 0.3) is 11.4 Å². The largest absolute Gasteiger partial charge is 0.486 e. The van der Waals surface area contributed by atoms with Crippen molar-refractivity contribution in [1.29, 1.82) is 5.26 Å². The number of rotatable bonds is 8. The Labute approximate surface area is 261 Å². The van der Waals surface area contributed by atoms with Crippen molar-refractivity contribution in [2.75, 3.05) is 67.6 Å². The highest BCUT2D eigenvalue weighted by Crippen LogP contribution is 2.29. The second-order valence-corrected chi connectivity index (χ2v) is 11.4. The smallest absolute Gasteiger partial charge is 0.230 e. The number of hydrogen-bond donors (Lipinski definition) is 1. The molecule has 230 valence electrons. The minimum atomic E-state index is -1.23. The van der Waals surface area contributed by atoms with Crippen molar-refractivity contribution >= 4 is 23.1 Å². The Bertz CT molecular complexity index is 1640. The molecule has 1 N–H and O–H groups in total. The van der Waals surface area contributed by atoms with Crippen molar-refractivity contribution in [1.82, 2.24) is 24.8 Å². The Kier molecular flexibility index (Phi) is 8.35. The summed E-state index contributed by atoms with van der Waals surface area (Å²) in [7, 11) is 0. The van der Waals surface area contributed by atoms with Crippen LogP contribution in [0.5, 0.6) is 5.75 Å². The summed E-state index contributed by atoms with van der Waals surface area (Å²) < 4.78 is 26.5. The molecule has 45 heavy (non-hydrogen) atoms. The van der Waals surface area contributed by atoms with Crippen LogP contribution in [0.4, 0.5) is 27.5 Å². The zero-order valence-electron chi connectivity index (χ0n) is 24.8. The van der Waals surface area contributed by atoms with E-state index in [0.29, 0.717) is 47.7 Å². The molecule has 0 spiro atoms. The van der Waals surface area contributed by atoms with Gasteiger partial charge in [0.05, 0.1) is 31.4 Å². The van der Waals surface area contributed by atoms with E-state index in [1.807, 2.05) is 35.2 Å². The third-order valence-electron chi connectivity index (χ3n) is 8.60. The van der Waals surface area contributed by atoms with Gasteiger partial charge in [-0.3, -0.25) is 4.90 Å². The molecule has 3 aliphatic rings. The highest BCUT2D eigenvalue weighted by Gasteiger charge is 2.32. The van der Waals surface area contributed by atoms with Crippen LogP contribution in [0.2, 0.25) is 0 Å². The van der Waals surface area contributed by atoms with Crippen molar-refractivity contribution in [3.63, 3.8) is 0 Å². The summed E-state index contributed by atoms with van der Waals surface area (Å²) in [6, 6.07) is 21.7. The first-order valence-corrected chi connectivity index (χ1v) is 15.3. The Balaban J connectivity index is 0.975. The predicted molar refractivity (Wildman–Crippen MR) is 168 cm³/mol. The van der Waals surface area contributed by atoms with Crippen LogP contribution >= 0.6 is 0 Å². The van der Waals surface area contributed by atoms with E-state index in [4.69, 9.17) is 9.47 Å². The quantitative estimate of drug-likeness (QED) is 0.313. The third kappa shape index (κ3) is 6.50. The molecule has 0 amide bonds. The van der Waals surface area contributed by atoms with Crippen LogP contribution in [0.1, 0.15) is 12.0 Å². The molecule has 3 saturated heterocycles. The normalized spacial score (nSPS) is 20.7. The molecule has 2 atom stereocenters. The monoisotopic (exact) mass is 607 g/mol. The van der Waals surface area contributed by atoms with Crippen molar-refractivity contribution in [3.8, 4) is 23.2 Å². The Morgan fingerprint density at radius 2 is 1.78 bits per heavy atom. The number of halogens is 1. The van der Waals surface area contributed by atoms with Gasteiger partial charge in [-0.25, -0.2) is 19.3 Å². The molecule has 3 fully saturated rings. The van der Waals surface area contributed by atoms with Gasteiger partial charge in [0.25, 0.3) is 0 Å². The first-order valence-electron chi connectivity index (χ1n) is 15.3. The number of hydrogen-bond acceptors (Lipinski definition) is 11. The predicted octanol–water partition coefficient (Wildman–Crippen LogP) is 4.07. The third-order valence-corrected chi connectivity index (χ3v) is 8.60. The fourth-order valence-corrected chi connectivity index (χ4v) is 5.95. The Morgan fingerprint density at radius 3 is 2.49 bits per heavy atom. The van der Waals surface area contributed by atoms with E-state index in [-0.39, 0.29) is 6.54 Å². The highest BCUT2D eigenvalue weighted by atomic mass is 19.1. The maximum atomic E-state index is 15.1. The summed E-state index contributed by atoms with van der Waals surface area (Å²) in [5.41, 5.74) is 2.97. The lowest BCUT2D eigenvalue weighted by atomic mass is 10.0. The number of aromatic nitrogens is 4. The van der Waals surface area contributed by atoms with Gasteiger partial charge in [-0.15, -0.1) is 0 Å². The van der Waals surface area contributed by atoms with Crippen molar-refractivity contribution in [2.24, 2.45) is 0 Å². The minimum absolute atomic E-state index is 0.179. The van der Waals surface area contributed by atoms with E-state index in [2.05, 4.69) is 53.3 Å². The Morgan fingerprint density at radius 1 is 0.933 bits per heavy atom. The molecule has 0 saturated carbocycles. The number of piperazine rings is 1. The Hall–Kier alpha value is -4.86. The van der Waals surface area contributed by atoms with E-state index in [9.17, 15) is 5.26 Å². The van der Waals surface area contributed by atoms with Gasteiger partial charge in [0.15, 0.2) is 12.0 Å². The maximum absolute atomic E-state index is 15.1. The molecule has 0 bridgehead atoms. The topological polar surface area (TPSA) is 116 Å². The number of nitriles is 1. The SMILES string of the molecule is N#Cc1cc(-c2ncnc(Nc3ccc(N4CCN(C5COC5)CC4)cc3)n2)ccc1O[C@H]1CCN(c2ccccn2)C[C@@H]1F. The van der Waals surface area contributed by atoms with Crippen LogP contribution in [-0.2, 0) is 4.74 Å². The van der Waals surface area contributed by atoms with E-state index < -0.39 is 12.3 Å². The lowest BCUT2D eigenvalue weighted by molar-refractivity contribution is -0.0660. The summed E-state index contributed by atoms with van der Waals surface area (Å²) in [5.74, 6) is 1.89. The first-order chi connectivity index (χ1) is 22.1. The second kappa shape index (κ2) is 13.0. The van der Waals surface area contributed by atoms with Crippen molar-refractivity contribution in [3.05, 3.63) is 78.8 Å². The van der Waals surface area contributed by atoms with Gasteiger partial charge >= 0.3 is 0 Å². The molecular weight excluding hydrogens is 573 g/mol.